The third kappa shape index (κ3) is 7.18. The third-order valence-corrected chi connectivity index (χ3v) is 5.85. The molecule has 4 N–H and O–H groups in total. The van der Waals surface area contributed by atoms with Gasteiger partial charge in [-0.05, 0) is 86.9 Å². The first kappa shape index (κ1) is 25.5. The molecule has 0 radical (unpaired) electrons. The molecule has 3 aromatic rings. The molecular weight excluding hydrogens is 450 g/mol. The Morgan fingerprint density at radius 1 is 1.03 bits per heavy atom. The molecule has 1 aliphatic rings. The minimum absolute atomic E-state index is 0.117. The topological polar surface area (TPSA) is 132 Å². The first-order chi connectivity index (χ1) is 16.8. The summed E-state index contributed by atoms with van der Waals surface area (Å²) in [6.45, 7) is 2.26. The van der Waals surface area contributed by atoms with Crippen LogP contribution in [0.3, 0.4) is 0 Å². The van der Waals surface area contributed by atoms with Crippen LogP contribution in [0.4, 0.5) is 5.69 Å². The number of aromatic nitrogens is 1. The molecule has 2 heterocycles. The number of methoxy groups -OCH3 is 1. The van der Waals surface area contributed by atoms with Gasteiger partial charge in [0.05, 0.1) is 7.11 Å². The molecule has 0 saturated carbocycles. The highest BCUT2D eigenvalue weighted by Gasteiger charge is 2.21. The zero-order valence-corrected chi connectivity index (χ0v) is 19.7. The summed E-state index contributed by atoms with van der Waals surface area (Å²) in [5.41, 5.74) is 3.91. The minimum Gasteiger partial charge on any atom is -0.497 e. The van der Waals surface area contributed by atoms with Gasteiger partial charge >= 0.3 is 11.9 Å². The van der Waals surface area contributed by atoms with Gasteiger partial charge in [0, 0.05) is 40.5 Å². The van der Waals surface area contributed by atoms with Crippen molar-refractivity contribution < 1.29 is 29.3 Å². The molecule has 1 aromatic heterocycles. The fourth-order valence-corrected chi connectivity index (χ4v) is 3.97. The number of H-pyrrole nitrogens is 1. The molecule has 1 fully saturated rings. The number of ether oxygens (including phenoxy) is 1. The van der Waals surface area contributed by atoms with Crippen LogP contribution in [0.15, 0.2) is 60.8 Å². The highest BCUT2D eigenvalue weighted by Crippen LogP contribution is 2.34. The SMILES string of the molecule is COc1ccc(C(=O)Nc2ccc3[nH]cc(C4CCN(C)CC4)c3c2)cc1.O=C(O)/C=C/C(=O)O. The predicted octanol–water partition coefficient (Wildman–Crippen LogP) is 3.95. The zero-order valence-electron chi connectivity index (χ0n) is 19.7. The van der Waals surface area contributed by atoms with Gasteiger partial charge < -0.3 is 30.2 Å². The Kier molecular flexibility index (Phi) is 8.63. The Balaban J connectivity index is 0.000000371. The number of benzene rings is 2. The van der Waals surface area contributed by atoms with Gasteiger partial charge in [-0.3, -0.25) is 4.79 Å². The van der Waals surface area contributed by atoms with Crippen molar-refractivity contribution in [3.8, 4) is 5.75 Å². The van der Waals surface area contributed by atoms with Crippen molar-refractivity contribution in [3.05, 3.63) is 71.9 Å². The molecular formula is C26H29N3O6. The normalized spacial score (nSPS) is 14.3. The van der Waals surface area contributed by atoms with Crippen molar-refractivity contribution in [1.29, 1.82) is 0 Å². The number of carboxylic acids is 2. The molecule has 2 aromatic carbocycles. The Morgan fingerprint density at radius 3 is 2.23 bits per heavy atom. The van der Waals surface area contributed by atoms with Crippen molar-refractivity contribution in [2.75, 3.05) is 32.6 Å². The number of hydrogen-bond donors (Lipinski definition) is 4. The van der Waals surface area contributed by atoms with Gasteiger partial charge in [0.2, 0.25) is 0 Å². The van der Waals surface area contributed by atoms with Crippen LogP contribution in [0.2, 0.25) is 0 Å². The average molecular weight is 480 g/mol. The van der Waals surface area contributed by atoms with Gasteiger partial charge in [0.1, 0.15) is 5.75 Å². The van der Waals surface area contributed by atoms with Crippen LogP contribution < -0.4 is 10.1 Å². The second-order valence-corrected chi connectivity index (χ2v) is 8.27. The average Bonchev–Trinajstić information content (AvgIpc) is 3.27. The quantitative estimate of drug-likeness (QED) is 0.394. The number of amides is 1. The molecule has 0 aliphatic carbocycles. The lowest BCUT2D eigenvalue weighted by molar-refractivity contribution is -0.134. The number of fused-ring (bicyclic) bond motifs is 1. The van der Waals surface area contributed by atoms with Gasteiger partial charge in [0.25, 0.3) is 5.91 Å². The fourth-order valence-electron chi connectivity index (χ4n) is 3.97. The van der Waals surface area contributed by atoms with Crippen LogP contribution >= 0.6 is 0 Å². The standard InChI is InChI=1S/C22H25N3O2.C4H4O4/c1-25-11-9-15(10-12-25)20-14-23-21-8-5-17(13-19(20)21)24-22(26)16-3-6-18(27-2)7-4-16;5-3(6)1-2-4(7)8/h3-8,13-15,23H,9-12H2,1-2H3,(H,24,26);1-2H,(H,5,6)(H,7,8)/b;2-1+. The van der Waals surface area contributed by atoms with E-state index in [1.165, 1.54) is 23.8 Å². The monoisotopic (exact) mass is 479 g/mol. The van der Waals surface area contributed by atoms with Crippen LogP contribution in [0, 0.1) is 0 Å². The first-order valence-corrected chi connectivity index (χ1v) is 11.2. The van der Waals surface area contributed by atoms with Gasteiger partial charge in [-0.2, -0.15) is 0 Å². The molecule has 0 spiro atoms. The number of carbonyl (C=O) groups is 3. The van der Waals surface area contributed by atoms with E-state index in [2.05, 4.69) is 34.5 Å². The van der Waals surface area contributed by atoms with Gasteiger partial charge in [0.15, 0.2) is 0 Å². The summed E-state index contributed by atoms with van der Waals surface area (Å²) in [5, 5.41) is 19.8. The number of nitrogens with one attached hydrogen (secondary N) is 2. The molecule has 0 unspecified atom stereocenters. The molecule has 35 heavy (non-hydrogen) atoms. The number of rotatable bonds is 6. The first-order valence-electron chi connectivity index (χ1n) is 11.2. The summed E-state index contributed by atoms with van der Waals surface area (Å²) in [5.74, 6) is -1.32. The van der Waals surface area contributed by atoms with Crippen molar-refractivity contribution in [2.24, 2.45) is 0 Å². The van der Waals surface area contributed by atoms with Crippen LogP contribution in [0.1, 0.15) is 34.7 Å². The Bertz CT molecular complexity index is 1190. The van der Waals surface area contributed by atoms with Crippen molar-refractivity contribution in [3.63, 3.8) is 0 Å². The van der Waals surface area contributed by atoms with E-state index >= 15 is 0 Å². The number of hydrogen-bond acceptors (Lipinski definition) is 5. The predicted molar refractivity (Wildman–Crippen MR) is 133 cm³/mol. The Morgan fingerprint density at radius 2 is 1.66 bits per heavy atom. The van der Waals surface area contributed by atoms with E-state index in [-0.39, 0.29) is 5.91 Å². The number of piperidine rings is 1. The third-order valence-electron chi connectivity index (χ3n) is 5.85. The summed E-state index contributed by atoms with van der Waals surface area (Å²) >= 11 is 0. The Hall–Kier alpha value is -4.11. The second kappa shape index (κ2) is 11.8. The fraction of sp³-hybridized carbons (Fsp3) is 0.269. The molecule has 9 nitrogen and oxygen atoms in total. The molecule has 184 valence electrons. The minimum atomic E-state index is -1.26. The Labute approximate surface area is 203 Å². The number of nitrogens with zero attached hydrogens (tertiary/aromatic N) is 1. The van der Waals surface area contributed by atoms with E-state index in [9.17, 15) is 14.4 Å². The second-order valence-electron chi connectivity index (χ2n) is 8.27. The number of aliphatic carboxylic acids is 2. The molecule has 9 heteroatoms. The number of carbonyl (C=O) groups excluding carboxylic acids is 1. The van der Waals surface area contributed by atoms with Gasteiger partial charge in [-0.15, -0.1) is 0 Å². The molecule has 4 rings (SSSR count). The number of carboxylic acid groups (broad SMARTS) is 2. The number of anilines is 1. The number of aromatic amines is 1. The summed E-state index contributed by atoms with van der Waals surface area (Å²) in [6, 6.07) is 13.2. The van der Waals surface area contributed by atoms with E-state index in [4.69, 9.17) is 14.9 Å². The van der Waals surface area contributed by atoms with Gasteiger partial charge in [-0.25, -0.2) is 9.59 Å². The summed E-state index contributed by atoms with van der Waals surface area (Å²) in [7, 11) is 3.79. The van der Waals surface area contributed by atoms with E-state index in [1.54, 1.807) is 31.4 Å². The molecule has 1 saturated heterocycles. The largest absolute Gasteiger partial charge is 0.497 e. The maximum absolute atomic E-state index is 12.5. The van der Waals surface area contributed by atoms with E-state index < -0.39 is 11.9 Å². The van der Waals surface area contributed by atoms with Crippen molar-refractivity contribution >= 4 is 34.4 Å². The molecule has 1 aliphatic heterocycles. The highest BCUT2D eigenvalue weighted by atomic mass is 16.5. The van der Waals surface area contributed by atoms with E-state index in [1.807, 2.05) is 12.1 Å². The lowest BCUT2D eigenvalue weighted by Gasteiger charge is -2.28. The molecule has 1 amide bonds. The van der Waals surface area contributed by atoms with Crippen LogP contribution in [-0.4, -0.2) is 65.2 Å². The van der Waals surface area contributed by atoms with Crippen LogP contribution in [0.5, 0.6) is 5.75 Å². The maximum atomic E-state index is 12.5. The molecule has 0 bridgehead atoms. The lowest BCUT2D eigenvalue weighted by atomic mass is 9.89. The maximum Gasteiger partial charge on any atom is 0.328 e. The van der Waals surface area contributed by atoms with Crippen LogP contribution in [0.25, 0.3) is 10.9 Å². The smallest absolute Gasteiger partial charge is 0.328 e. The highest BCUT2D eigenvalue weighted by molar-refractivity contribution is 6.05. The summed E-state index contributed by atoms with van der Waals surface area (Å²) < 4.78 is 5.15. The van der Waals surface area contributed by atoms with E-state index in [0.29, 0.717) is 23.6 Å². The number of likely N-dealkylation sites (tertiary alicyclic amines) is 1. The van der Waals surface area contributed by atoms with Crippen molar-refractivity contribution in [2.45, 2.75) is 18.8 Å². The van der Waals surface area contributed by atoms with Crippen molar-refractivity contribution in [1.82, 2.24) is 9.88 Å². The molecule has 0 atom stereocenters. The summed E-state index contributed by atoms with van der Waals surface area (Å²) in [6.07, 6.45) is 5.60. The van der Waals surface area contributed by atoms with Crippen LogP contribution in [-0.2, 0) is 9.59 Å². The summed E-state index contributed by atoms with van der Waals surface area (Å²) in [4.78, 5) is 37.4. The van der Waals surface area contributed by atoms with Gasteiger partial charge in [-0.1, -0.05) is 0 Å². The lowest BCUT2D eigenvalue weighted by Crippen LogP contribution is -2.29. The van der Waals surface area contributed by atoms with E-state index in [0.717, 1.165) is 30.0 Å². The zero-order chi connectivity index (χ0) is 25.4.